The van der Waals surface area contributed by atoms with Gasteiger partial charge in [0.25, 0.3) is 5.91 Å². The number of halogens is 1. The van der Waals surface area contributed by atoms with E-state index >= 15 is 0 Å². The normalized spacial score (nSPS) is 10.6. The summed E-state index contributed by atoms with van der Waals surface area (Å²) >= 11 is 6.06. The first kappa shape index (κ1) is 26.2. The first-order valence-corrected chi connectivity index (χ1v) is 11.1. The minimum atomic E-state index is -0.635. The van der Waals surface area contributed by atoms with Crippen molar-refractivity contribution in [2.45, 2.75) is 13.8 Å². The maximum Gasteiger partial charge on any atom is 0.345 e. The molecule has 0 radical (unpaired) electrons. The molecule has 3 aromatic carbocycles. The van der Waals surface area contributed by atoms with Crippen LogP contribution in [-0.4, -0.2) is 36.2 Å². The summed E-state index contributed by atoms with van der Waals surface area (Å²) in [6.45, 7) is 3.34. The van der Waals surface area contributed by atoms with E-state index in [-0.39, 0.29) is 27.8 Å². The summed E-state index contributed by atoms with van der Waals surface area (Å²) in [5.74, 6) is -0.784. The van der Waals surface area contributed by atoms with Crippen LogP contribution >= 0.6 is 11.6 Å². The zero-order valence-corrected chi connectivity index (χ0v) is 20.2. The molecule has 0 spiro atoms. The summed E-state index contributed by atoms with van der Waals surface area (Å²) in [7, 11) is 0. The van der Waals surface area contributed by atoms with Gasteiger partial charge in [0.2, 0.25) is 0 Å². The predicted molar refractivity (Wildman–Crippen MR) is 133 cm³/mol. The number of nitrogens with one attached hydrogen (secondary N) is 1. The van der Waals surface area contributed by atoms with Gasteiger partial charge in [-0.25, -0.2) is 10.2 Å². The lowest BCUT2D eigenvalue weighted by Crippen LogP contribution is -2.24. The molecule has 0 aromatic heterocycles. The summed E-state index contributed by atoms with van der Waals surface area (Å²) in [6, 6.07) is 15.7. The van der Waals surface area contributed by atoms with Gasteiger partial charge in [0, 0.05) is 6.07 Å². The molecule has 186 valence electrons. The fourth-order valence-electron chi connectivity index (χ4n) is 2.99. The number of nitro benzene ring substituents is 1. The van der Waals surface area contributed by atoms with E-state index in [4.69, 9.17) is 25.8 Å². The standard InChI is InChI=1S/C25H22ClN3O7/c1-3-34-23-13-17(9-11-22(23)36-25(31)18-6-4-5-7-19(18)26)14-27-28-24(30)15-35-21-10-8-16(2)12-20(21)29(32)33/h4-14H,3,15H2,1-2H3,(H,28,30)/b27-14-. The van der Waals surface area contributed by atoms with E-state index in [1.807, 2.05) is 0 Å². The Labute approximate surface area is 211 Å². The zero-order chi connectivity index (χ0) is 26.1. The maximum absolute atomic E-state index is 12.5. The molecule has 1 N–H and O–H groups in total. The summed E-state index contributed by atoms with van der Waals surface area (Å²) in [5.41, 5.74) is 3.51. The molecule has 0 fully saturated rings. The lowest BCUT2D eigenvalue weighted by Gasteiger charge is -2.12. The van der Waals surface area contributed by atoms with E-state index in [2.05, 4.69) is 10.5 Å². The number of carbonyl (C=O) groups excluding carboxylic acids is 2. The molecule has 0 aliphatic heterocycles. The molecule has 0 unspecified atom stereocenters. The van der Waals surface area contributed by atoms with Gasteiger partial charge in [0.15, 0.2) is 23.9 Å². The van der Waals surface area contributed by atoms with Gasteiger partial charge < -0.3 is 14.2 Å². The number of benzene rings is 3. The van der Waals surface area contributed by atoms with Crippen molar-refractivity contribution in [2.75, 3.05) is 13.2 Å². The Balaban J connectivity index is 1.62. The summed E-state index contributed by atoms with van der Waals surface area (Å²) in [6.07, 6.45) is 1.36. The highest BCUT2D eigenvalue weighted by molar-refractivity contribution is 6.33. The average molecular weight is 512 g/mol. The van der Waals surface area contributed by atoms with Crippen LogP contribution in [0.1, 0.15) is 28.4 Å². The van der Waals surface area contributed by atoms with Crippen LogP contribution in [0.25, 0.3) is 0 Å². The summed E-state index contributed by atoms with van der Waals surface area (Å²) < 4.78 is 16.3. The van der Waals surface area contributed by atoms with E-state index in [1.165, 1.54) is 24.4 Å². The molecule has 0 aliphatic rings. The van der Waals surface area contributed by atoms with Gasteiger partial charge in [-0.05, 0) is 61.4 Å². The van der Waals surface area contributed by atoms with Gasteiger partial charge in [-0.3, -0.25) is 14.9 Å². The van der Waals surface area contributed by atoms with Crippen molar-refractivity contribution in [3.63, 3.8) is 0 Å². The Morgan fingerprint density at radius 2 is 1.81 bits per heavy atom. The van der Waals surface area contributed by atoms with Crippen molar-refractivity contribution in [3.8, 4) is 17.2 Å². The average Bonchev–Trinajstić information content (AvgIpc) is 2.85. The van der Waals surface area contributed by atoms with Gasteiger partial charge in [-0.1, -0.05) is 29.8 Å². The molecule has 3 aromatic rings. The second kappa shape index (κ2) is 12.3. The lowest BCUT2D eigenvalue weighted by molar-refractivity contribution is -0.385. The number of rotatable bonds is 10. The van der Waals surface area contributed by atoms with Gasteiger partial charge >= 0.3 is 11.7 Å². The van der Waals surface area contributed by atoms with Gasteiger partial charge in [-0.15, -0.1) is 0 Å². The number of nitro groups is 1. The van der Waals surface area contributed by atoms with Crippen LogP contribution in [0.3, 0.4) is 0 Å². The first-order valence-electron chi connectivity index (χ1n) is 10.7. The molecule has 36 heavy (non-hydrogen) atoms. The van der Waals surface area contributed by atoms with Crippen LogP contribution in [0.2, 0.25) is 5.02 Å². The fourth-order valence-corrected chi connectivity index (χ4v) is 3.20. The topological polar surface area (TPSA) is 129 Å². The second-order valence-electron chi connectivity index (χ2n) is 7.32. The number of carbonyl (C=O) groups is 2. The highest BCUT2D eigenvalue weighted by atomic mass is 35.5. The lowest BCUT2D eigenvalue weighted by atomic mass is 10.2. The molecule has 1 amide bonds. The minimum Gasteiger partial charge on any atom is -0.490 e. The van der Waals surface area contributed by atoms with E-state index < -0.39 is 23.4 Å². The number of esters is 1. The van der Waals surface area contributed by atoms with E-state index in [0.717, 1.165) is 0 Å². The quantitative estimate of drug-likeness (QED) is 0.137. The molecular weight excluding hydrogens is 490 g/mol. The third-order valence-corrected chi connectivity index (χ3v) is 4.97. The van der Waals surface area contributed by atoms with Gasteiger partial charge in [-0.2, -0.15) is 5.10 Å². The van der Waals surface area contributed by atoms with Crippen molar-refractivity contribution >= 4 is 35.4 Å². The van der Waals surface area contributed by atoms with Crippen molar-refractivity contribution < 1.29 is 28.7 Å². The Hall–Kier alpha value is -4.44. The molecule has 0 saturated carbocycles. The third-order valence-electron chi connectivity index (χ3n) is 4.64. The van der Waals surface area contributed by atoms with Crippen LogP contribution in [0, 0.1) is 17.0 Å². The number of ether oxygens (including phenoxy) is 3. The van der Waals surface area contributed by atoms with Crippen LogP contribution in [0.15, 0.2) is 65.8 Å². The number of hydrogen-bond acceptors (Lipinski definition) is 8. The third kappa shape index (κ3) is 7.03. The minimum absolute atomic E-state index is 0.0204. The molecule has 0 atom stereocenters. The van der Waals surface area contributed by atoms with Crippen molar-refractivity contribution in [1.82, 2.24) is 5.43 Å². The van der Waals surface area contributed by atoms with Gasteiger partial charge in [0.05, 0.1) is 28.3 Å². The van der Waals surface area contributed by atoms with Crippen LogP contribution in [0.5, 0.6) is 17.2 Å². The molecule has 0 bridgehead atoms. The fraction of sp³-hybridized carbons (Fsp3) is 0.160. The molecule has 0 heterocycles. The van der Waals surface area contributed by atoms with Crippen molar-refractivity contribution in [1.29, 1.82) is 0 Å². The van der Waals surface area contributed by atoms with E-state index in [0.29, 0.717) is 23.5 Å². The number of nitrogens with zero attached hydrogens (tertiary/aromatic N) is 2. The molecule has 0 aliphatic carbocycles. The first-order chi connectivity index (χ1) is 17.3. The molecule has 0 saturated heterocycles. The summed E-state index contributed by atoms with van der Waals surface area (Å²) in [4.78, 5) is 35.1. The largest absolute Gasteiger partial charge is 0.490 e. The van der Waals surface area contributed by atoms with Crippen LogP contribution in [0.4, 0.5) is 5.69 Å². The van der Waals surface area contributed by atoms with E-state index in [1.54, 1.807) is 56.3 Å². The smallest absolute Gasteiger partial charge is 0.345 e. The molecule has 11 heteroatoms. The number of aryl methyl sites for hydroxylation is 1. The monoisotopic (exact) mass is 511 g/mol. The summed E-state index contributed by atoms with van der Waals surface area (Å²) in [5, 5.41) is 15.3. The number of amides is 1. The zero-order valence-electron chi connectivity index (χ0n) is 19.4. The van der Waals surface area contributed by atoms with E-state index in [9.17, 15) is 19.7 Å². The SMILES string of the molecule is CCOc1cc(/C=N\NC(=O)COc2ccc(C)cc2[N+](=O)[O-])ccc1OC(=O)c1ccccc1Cl. The number of hydrogen-bond donors (Lipinski definition) is 1. The Morgan fingerprint density at radius 1 is 1.06 bits per heavy atom. The van der Waals surface area contributed by atoms with Crippen LogP contribution in [-0.2, 0) is 4.79 Å². The molecular formula is C25H22ClN3O7. The Kier molecular flexibility index (Phi) is 8.95. The maximum atomic E-state index is 12.5. The predicted octanol–water partition coefficient (Wildman–Crippen LogP) is 4.70. The van der Waals surface area contributed by atoms with Crippen LogP contribution < -0.4 is 19.6 Å². The van der Waals surface area contributed by atoms with Gasteiger partial charge in [0.1, 0.15) is 0 Å². The second-order valence-corrected chi connectivity index (χ2v) is 7.73. The highest BCUT2D eigenvalue weighted by Crippen LogP contribution is 2.30. The molecule has 3 rings (SSSR count). The Morgan fingerprint density at radius 3 is 2.53 bits per heavy atom. The number of hydrazone groups is 1. The van der Waals surface area contributed by atoms with Crippen molar-refractivity contribution in [2.24, 2.45) is 5.10 Å². The molecule has 10 nitrogen and oxygen atoms in total. The highest BCUT2D eigenvalue weighted by Gasteiger charge is 2.17. The Bertz CT molecular complexity index is 1310. The van der Waals surface area contributed by atoms with Crippen molar-refractivity contribution in [3.05, 3.63) is 92.5 Å².